The molecule has 1 amide bonds. The van der Waals surface area contributed by atoms with E-state index in [1.54, 1.807) is 26.2 Å². The molecule has 0 bridgehead atoms. The molecule has 0 aliphatic heterocycles. The Morgan fingerprint density at radius 2 is 1.70 bits per heavy atom. The average Bonchev–Trinajstić information content (AvgIpc) is 2.75. The zero-order chi connectivity index (χ0) is 24.3. The predicted molar refractivity (Wildman–Crippen MR) is 113 cm³/mol. The predicted octanol–water partition coefficient (Wildman–Crippen LogP) is 5.65. The van der Waals surface area contributed by atoms with Crippen molar-refractivity contribution in [1.82, 2.24) is 4.90 Å². The molecule has 0 N–H and O–H groups in total. The molecule has 0 radical (unpaired) electrons. The van der Waals surface area contributed by atoms with E-state index in [2.05, 4.69) is 0 Å². The summed E-state index contributed by atoms with van der Waals surface area (Å²) in [6.07, 6.45) is -0.968. The van der Waals surface area contributed by atoms with Crippen LogP contribution in [0, 0.1) is 27.6 Å². The lowest BCUT2D eigenvalue weighted by atomic mass is 10.1. The summed E-state index contributed by atoms with van der Waals surface area (Å²) >= 11 is 0. The van der Waals surface area contributed by atoms with Crippen molar-refractivity contribution in [3.63, 3.8) is 0 Å². The lowest BCUT2D eigenvalue weighted by molar-refractivity contribution is -0.385. The Labute approximate surface area is 187 Å². The molecule has 3 aromatic rings. The van der Waals surface area contributed by atoms with Crippen LogP contribution < -0.4 is 9.47 Å². The van der Waals surface area contributed by atoms with Gasteiger partial charge in [-0.25, -0.2) is 13.2 Å². The number of hydrogen-bond acceptors (Lipinski definition) is 5. The average molecular weight is 460 g/mol. The van der Waals surface area contributed by atoms with Gasteiger partial charge in [0, 0.05) is 37.9 Å². The molecule has 3 rings (SSSR count). The van der Waals surface area contributed by atoms with E-state index in [0.717, 1.165) is 6.07 Å². The first-order valence-corrected chi connectivity index (χ1v) is 9.66. The second kappa shape index (κ2) is 9.60. The molecule has 3 aromatic carbocycles. The molecule has 0 aromatic heterocycles. The number of carbonyl (C=O) groups is 1. The number of amides is 1. The fourth-order valence-corrected chi connectivity index (χ4v) is 2.98. The smallest absolute Gasteiger partial charge is 0.311 e. The summed E-state index contributed by atoms with van der Waals surface area (Å²) in [4.78, 5) is 24.4. The largest absolute Gasteiger partial charge is 0.480 e. The summed E-state index contributed by atoms with van der Waals surface area (Å²) in [6.45, 7) is 1.46. The maximum Gasteiger partial charge on any atom is 0.311 e. The van der Waals surface area contributed by atoms with E-state index in [9.17, 15) is 28.1 Å². The van der Waals surface area contributed by atoms with E-state index in [1.807, 2.05) is 0 Å². The van der Waals surface area contributed by atoms with Crippen molar-refractivity contribution in [2.75, 3.05) is 14.1 Å². The molecule has 172 valence electrons. The van der Waals surface area contributed by atoms with Gasteiger partial charge in [0.25, 0.3) is 5.91 Å². The van der Waals surface area contributed by atoms with E-state index in [-0.39, 0.29) is 23.1 Å². The summed E-state index contributed by atoms with van der Waals surface area (Å²) in [5.74, 6) is -4.59. The fraction of sp³-hybridized carbons (Fsp3) is 0.174. The van der Waals surface area contributed by atoms with Crippen molar-refractivity contribution < 1.29 is 32.4 Å². The minimum absolute atomic E-state index is 0.164. The Balaban J connectivity index is 1.93. The number of ether oxygens (including phenoxy) is 2. The Morgan fingerprint density at radius 1 is 1.03 bits per heavy atom. The molecule has 0 heterocycles. The third-order valence-corrected chi connectivity index (χ3v) is 4.62. The number of hydrogen-bond donors (Lipinski definition) is 0. The second-order valence-corrected chi connectivity index (χ2v) is 7.27. The van der Waals surface area contributed by atoms with Crippen LogP contribution in [0.25, 0.3) is 0 Å². The van der Waals surface area contributed by atoms with Crippen LogP contribution in [0.2, 0.25) is 0 Å². The first-order chi connectivity index (χ1) is 15.6. The van der Waals surface area contributed by atoms with Crippen molar-refractivity contribution in [2.24, 2.45) is 0 Å². The maximum atomic E-state index is 13.9. The van der Waals surface area contributed by atoms with Crippen LogP contribution in [-0.2, 0) is 0 Å². The summed E-state index contributed by atoms with van der Waals surface area (Å²) in [6, 6.07) is 10.9. The topological polar surface area (TPSA) is 81.9 Å². The molecule has 33 heavy (non-hydrogen) atoms. The van der Waals surface area contributed by atoms with E-state index < -0.39 is 34.2 Å². The maximum absolute atomic E-state index is 13.9. The molecular formula is C23H19F3N2O5. The van der Waals surface area contributed by atoms with Crippen LogP contribution in [-0.4, -0.2) is 29.8 Å². The second-order valence-electron chi connectivity index (χ2n) is 7.27. The van der Waals surface area contributed by atoms with Gasteiger partial charge in [0.2, 0.25) is 5.75 Å². The number of rotatable bonds is 7. The minimum atomic E-state index is -1.22. The molecule has 0 saturated carbocycles. The molecule has 0 saturated heterocycles. The number of benzene rings is 3. The number of nitrogens with zero attached hydrogens (tertiary/aromatic N) is 2. The van der Waals surface area contributed by atoms with E-state index in [1.165, 1.54) is 36.1 Å². The van der Waals surface area contributed by atoms with Gasteiger partial charge in [-0.15, -0.1) is 0 Å². The van der Waals surface area contributed by atoms with Gasteiger partial charge in [0.05, 0.1) is 4.92 Å². The first-order valence-electron chi connectivity index (χ1n) is 9.66. The van der Waals surface area contributed by atoms with E-state index in [4.69, 9.17) is 9.47 Å². The molecule has 0 fully saturated rings. The van der Waals surface area contributed by atoms with Crippen molar-refractivity contribution in [1.29, 1.82) is 0 Å². The first kappa shape index (κ1) is 23.6. The third-order valence-electron chi connectivity index (χ3n) is 4.62. The van der Waals surface area contributed by atoms with Gasteiger partial charge in [0.1, 0.15) is 17.7 Å². The highest BCUT2D eigenvalue weighted by Gasteiger charge is 2.22. The van der Waals surface area contributed by atoms with E-state index in [0.29, 0.717) is 23.3 Å². The van der Waals surface area contributed by atoms with Gasteiger partial charge in [-0.05, 0) is 42.8 Å². The molecular weight excluding hydrogens is 441 g/mol. The zero-order valence-electron chi connectivity index (χ0n) is 17.8. The minimum Gasteiger partial charge on any atom is -0.480 e. The van der Waals surface area contributed by atoms with Crippen LogP contribution in [0.15, 0.2) is 54.6 Å². The summed E-state index contributed by atoms with van der Waals surface area (Å²) in [5, 5.41) is 11.5. The van der Waals surface area contributed by atoms with Crippen molar-refractivity contribution in [3.05, 3.63) is 93.3 Å². The highest BCUT2D eigenvalue weighted by Crippen LogP contribution is 2.36. The molecule has 1 atom stereocenters. The Hall–Kier alpha value is -4.08. The lowest BCUT2D eigenvalue weighted by Crippen LogP contribution is -2.21. The number of carbonyl (C=O) groups excluding carboxylic acids is 1. The Morgan fingerprint density at radius 3 is 2.30 bits per heavy atom. The van der Waals surface area contributed by atoms with Gasteiger partial charge < -0.3 is 14.4 Å². The molecule has 0 aliphatic rings. The quantitative estimate of drug-likeness (QED) is 0.336. The molecule has 0 aliphatic carbocycles. The van der Waals surface area contributed by atoms with Gasteiger partial charge in [0.15, 0.2) is 17.4 Å². The lowest BCUT2D eigenvalue weighted by Gasteiger charge is -2.17. The Bertz CT molecular complexity index is 1190. The standard InChI is InChI=1S/C23H19F3N2O5/c1-13(32-22-18(25)11-16(24)12-19(22)26)14-7-8-20(28(30)31)21(10-14)33-17-6-4-5-15(9-17)23(29)27(2)3/h4-13H,1-3H3. The van der Waals surface area contributed by atoms with Crippen molar-refractivity contribution >= 4 is 11.6 Å². The van der Waals surface area contributed by atoms with Crippen LogP contribution in [0.3, 0.4) is 0 Å². The van der Waals surface area contributed by atoms with Crippen LogP contribution >= 0.6 is 0 Å². The van der Waals surface area contributed by atoms with Gasteiger partial charge >= 0.3 is 5.69 Å². The van der Waals surface area contributed by atoms with Crippen molar-refractivity contribution in [3.8, 4) is 17.2 Å². The molecule has 10 heteroatoms. The fourth-order valence-electron chi connectivity index (χ4n) is 2.98. The van der Waals surface area contributed by atoms with Gasteiger partial charge in [-0.2, -0.15) is 0 Å². The van der Waals surface area contributed by atoms with Gasteiger partial charge in [-0.1, -0.05) is 6.07 Å². The summed E-state index contributed by atoms with van der Waals surface area (Å²) in [5.41, 5.74) is 0.254. The van der Waals surface area contributed by atoms with Crippen LogP contribution in [0.4, 0.5) is 18.9 Å². The normalized spacial score (nSPS) is 11.6. The van der Waals surface area contributed by atoms with Crippen LogP contribution in [0.5, 0.6) is 17.2 Å². The summed E-state index contributed by atoms with van der Waals surface area (Å²) < 4.78 is 52.0. The van der Waals surface area contributed by atoms with Gasteiger partial charge in [-0.3, -0.25) is 14.9 Å². The highest BCUT2D eigenvalue weighted by molar-refractivity contribution is 5.94. The monoisotopic (exact) mass is 460 g/mol. The summed E-state index contributed by atoms with van der Waals surface area (Å²) in [7, 11) is 3.16. The van der Waals surface area contributed by atoms with E-state index >= 15 is 0 Å². The SMILES string of the molecule is CC(Oc1c(F)cc(F)cc1F)c1ccc([N+](=O)[O-])c(Oc2cccc(C(=O)N(C)C)c2)c1. The number of halogens is 3. The van der Waals surface area contributed by atoms with Crippen LogP contribution in [0.1, 0.15) is 28.9 Å². The number of nitro benzene ring substituents is 1. The Kier molecular flexibility index (Phi) is 6.86. The molecule has 1 unspecified atom stereocenters. The highest BCUT2D eigenvalue weighted by atomic mass is 19.1. The number of nitro groups is 1. The molecule has 0 spiro atoms. The zero-order valence-corrected chi connectivity index (χ0v) is 17.8. The third kappa shape index (κ3) is 5.40. The molecule has 7 nitrogen and oxygen atoms in total. The van der Waals surface area contributed by atoms with Crippen molar-refractivity contribution in [2.45, 2.75) is 13.0 Å².